The third-order valence-electron chi connectivity index (χ3n) is 2.71. The highest BCUT2D eigenvalue weighted by Gasteiger charge is 2.29. The number of ketones is 2. The molecule has 0 bridgehead atoms. The Morgan fingerprint density at radius 2 is 2.00 bits per heavy atom. The van der Waals surface area contributed by atoms with E-state index < -0.39 is 11.6 Å². The Morgan fingerprint density at radius 1 is 1.22 bits per heavy atom. The van der Waals surface area contributed by atoms with E-state index in [1.54, 1.807) is 6.20 Å². The van der Waals surface area contributed by atoms with Crippen LogP contribution in [0.5, 0.6) is 0 Å². The lowest BCUT2D eigenvalue weighted by molar-refractivity contribution is -0.110. The maximum absolute atomic E-state index is 11.9. The highest BCUT2D eigenvalue weighted by Crippen LogP contribution is 2.34. The lowest BCUT2D eigenvalue weighted by atomic mass is 9.96. The third kappa shape index (κ3) is 2.27. The number of hydrogen-bond acceptors (Lipinski definition) is 5. The number of nitrogens with one attached hydrogen (secondary N) is 1. The standard InChI is InChI=1S/C12H15N3O2S/c13-2-1-7-6-15-11-9(18-4-3-14)5-8(16)12(17)10(7)11/h5-6,15H,1-4,13-14H2. The molecular weight excluding hydrogens is 250 g/mol. The molecule has 96 valence electrons. The molecule has 0 fully saturated rings. The molecule has 1 heterocycles. The average molecular weight is 265 g/mol. The van der Waals surface area contributed by atoms with Crippen molar-refractivity contribution in [1.29, 1.82) is 0 Å². The molecule has 5 nitrogen and oxygen atoms in total. The van der Waals surface area contributed by atoms with Crippen molar-refractivity contribution < 1.29 is 9.59 Å². The van der Waals surface area contributed by atoms with E-state index in [4.69, 9.17) is 11.5 Å². The van der Waals surface area contributed by atoms with Crippen molar-refractivity contribution >= 4 is 28.2 Å². The summed E-state index contributed by atoms with van der Waals surface area (Å²) < 4.78 is 0. The predicted molar refractivity (Wildman–Crippen MR) is 72.4 cm³/mol. The van der Waals surface area contributed by atoms with Crippen LogP contribution >= 0.6 is 11.8 Å². The van der Waals surface area contributed by atoms with E-state index in [1.165, 1.54) is 17.8 Å². The van der Waals surface area contributed by atoms with Gasteiger partial charge < -0.3 is 16.5 Å². The fraction of sp³-hybridized carbons (Fsp3) is 0.333. The summed E-state index contributed by atoms with van der Waals surface area (Å²) in [5.41, 5.74) is 13.0. The number of nitrogens with two attached hydrogens (primary N) is 2. The van der Waals surface area contributed by atoms with Crippen LogP contribution < -0.4 is 11.5 Å². The molecule has 2 rings (SSSR count). The summed E-state index contributed by atoms with van der Waals surface area (Å²) in [5, 5.41) is 0. The molecule has 0 radical (unpaired) electrons. The molecular formula is C12H15N3O2S. The first-order valence-corrected chi connectivity index (χ1v) is 6.71. The fourth-order valence-electron chi connectivity index (χ4n) is 1.93. The van der Waals surface area contributed by atoms with Gasteiger partial charge in [-0.15, -0.1) is 11.8 Å². The summed E-state index contributed by atoms with van der Waals surface area (Å²) in [4.78, 5) is 27.4. The van der Waals surface area contributed by atoms with Crippen molar-refractivity contribution in [3.63, 3.8) is 0 Å². The zero-order valence-corrected chi connectivity index (χ0v) is 10.7. The topological polar surface area (TPSA) is 102 Å². The van der Waals surface area contributed by atoms with Gasteiger partial charge in [0.1, 0.15) is 0 Å². The molecule has 0 saturated carbocycles. The highest BCUT2D eigenvalue weighted by atomic mass is 32.2. The Bertz CT molecular complexity index is 519. The van der Waals surface area contributed by atoms with E-state index in [0.717, 1.165) is 16.2 Å². The Balaban J connectivity index is 2.41. The van der Waals surface area contributed by atoms with E-state index >= 15 is 0 Å². The normalized spacial score (nSPS) is 14.7. The minimum atomic E-state index is -0.472. The van der Waals surface area contributed by atoms with E-state index in [1.807, 2.05) is 0 Å². The van der Waals surface area contributed by atoms with Crippen molar-refractivity contribution in [1.82, 2.24) is 4.98 Å². The third-order valence-corrected chi connectivity index (χ3v) is 3.78. The number of thioether (sulfide) groups is 1. The van der Waals surface area contributed by atoms with Gasteiger partial charge in [-0.25, -0.2) is 0 Å². The number of rotatable bonds is 5. The summed E-state index contributed by atoms with van der Waals surface area (Å²) in [6.07, 6.45) is 3.72. The molecule has 0 amide bonds. The summed E-state index contributed by atoms with van der Waals surface area (Å²) in [7, 11) is 0. The van der Waals surface area contributed by atoms with Gasteiger partial charge in [-0.3, -0.25) is 9.59 Å². The highest BCUT2D eigenvalue weighted by molar-refractivity contribution is 8.08. The number of hydrogen-bond donors (Lipinski definition) is 3. The van der Waals surface area contributed by atoms with E-state index in [-0.39, 0.29) is 0 Å². The summed E-state index contributed by atoms with van der Waals surface area (Å²) in [6, 6.07) is 0. The first-order valence-electron chi connectivity index (χ1n) is 5.73. The van der Waals surface area contributed by atoms with Crippen molar-refractivity contribution in [3.05, 3.63) is 29.1 Å². The predicted octanol–water partition coefficient (Wildman–Crippen LogP) is 0.314. The van der Waals surface area contributed by atoms with Crippen LogP contribution in [-0.2, 0) is 11.2 Å². The Kier molecular flexibility index (Phi) is 4.00. The molecule has 0 aliphatic heterocycles. The van der Waals surface area contributed by atoms with Crippen LogP contribution in [0.2, 0.25) is 0 Å². The first-order chi connectivity index (χ1) is 8.69. The molecule has 0 unspecified atom stereocenters. The van der Waals surface area contributed by atoms with Gasteiger partial charge in [-0.1, -0.05) is 0 Å². The van der Waals surface area contributed by atoms with Crippen LogP contribution in [0, 0.1) is 0 Å². The molecule has 6 heteroatoms. The lowest BCUT2D eigenvalue weighted by Crippen LogP contribution is -2.19. The molecule has 0 atom stereocenters. The molecule has 5 N–H and O–H groups in total. The minimum absolute atomic E-state index is 0.445. The zero-order chi connectivity index (χ0) is 13.1. The summed E-state index contributed by atoms with van der Waals surface area (Å²) in [5.74, 6) is -0.218. The second-order valence-corrected chi connectivity index (χ2v) is 5.08. The van der Waals surface area contributed by atoms with E-state index in [2.05, 4.69) is 4.98 Å². The monoisotopic (exact) mass is 265 g/mol. The second-order valence-electron chi connectivity index (χ2n) is 3.94. The molecule has 0 aromatic carbocycles. The van der Waals surface area contributed by atoms with Gasteiger partial charge in [0, 0.05) is 29.5 Å². The van der Waals surface area contributed by atoms with Gasteiger partial charge in [-0.05, 0) is 18.5 Å². The molecule has 0 saturated heterocycles. The maximum atomic E-state index is 11.9. The van der Waals surface area contributed by atoms with E-state index in [9.17, 15) is 9.59 Å². The summed E-state index contributed by atoms with van der Waals surface area (Å²) in [6.45, 7) is 0.969. The van der Waals surface area contributed by atoms with Crippen LogP contribution in [-0.4, -0.2) is 35.4 Å². The van der Waals surface area contributed by atoms with Crippen molar-refractivity contribution in [3.8, 4) is 0 Å². The largest absolute Gasteiger partial charge is 0.360 e. The molecule has 1 aromatic heterocycles. The first kappa shape index (κ1) is 13.1. The van der Waals surface area contributed by atoms with Crippen LogP contribution in [0.15, 0.2) is 12.3 Å². The number of Topliss-reactive ketones (excluding diaryl/α,β-unsaturated/α-hetero) is 1. The number of carbonyl (C=O) groups excluding carboxylic acids is 2. The molecule has 1 aliphatic carbocycles. The fourth-order valence-corrected chi connectivity index (χ4v) is 2.77. The van der Waals surface area contributed by atoms with Crippen LogP contribution in [0.1, 0.15) is 21.6 Å². The Morgan fingerprint density at radius 3 is 2.67 bits per heavy atom. The van der Waals surface area contributed by atoms with Gasteiger partial charge >= 0.3 is 0 Å². The Hall–Kier alpha value is -1.37. The van der Waals surface area contributed by atoms with Crippen LogP contribution in [0.25, 0.3) is 4.91 Å². The average Bonchev–Trinajstić information content (AvgIpc) is 2.77. The van der Waals surface area contributed by atoms with Crippen molar-refractivity contribution in [2.75, 3.05) is 18.8 Å². The van der Waals surface area contributed by atoms with Gasteiger partial charge in [-0.2, -0.15) is 0 Å². The molecule has 1 aliphatic rings. The van der Waals surface area contributed by atoms with Crippen LogP contribution in [0.3, 0.4) is 0 Å². The molecule has 0 spiro atoms. The number of H-pyrrole nitrogens is 1. The number of aromatic nitrogens is 1. The van der Waals surface area contributed by atoms with Crippen molar-refractivity contribution in [2.45, 2.75) is 6.42 Å². The maximum Gasteiger partial charge on any atom is 0.235 e. The smallest absolute Gasteiger partial charge is 0.235 e. The number of aromatic amines is 1. The van der Waals surface area contributed by atoms with Gasteiger partial charge in [0.2, 0.25) is 11.6 Å². The lowest BCUT2D eigenvalue weighted by Gasteiger charge is -2.12. The van der Waals surface area contributed by atoms with Gasteiger partial charge in [0.15, 0.2) is 0 Å². The number of allylic oxidation sites excluding steroid dienone is 1. The van der Waals surface area contributed by atoms with E-state index in [0.29, 0.717) is 30.8 Å². The van der Waals surface area contributed by atoms with Crippen molar-refractivity contribution in [2.24, 2.45) is 11.5 Å². The Labute approximate surface area is 109 Å². The summed E-state index contributed by atoms with van der Waals surface area (Å²) >= 11 is 1.48. The van der Waals surface area contributed by atoms with Gasteiger partial charge in [0.25, 0.3) is 0 Å². The number of fused-ring (bicyclic) bond motifs is 1. The molecule has 18 heavy (non-hydrogen) atoms. The second kappa shape index (κ2) is 5.51. The number of carbonyl (C=O) groups is 2. The quantitative estimate of drug-likeness (QED) is 0.665. The zero-order valence-electron chi connectivity index (χ0n) is 9.86. The van der Waals surface area contributed by atoms with Crippen LogP contribution in [0.4, 0.5) is 0 Å². The SMILES string of the molecule is NCCSC1=CC(=O)C(=O)c2c(CCN)c[nH]c21. The minimum Gasteiger partial charge on any atom is -0.360 e. The molecule has 1 aromatic rings. The van der Waals surface area contributed by atoms with Gasteiger partial charge in [0.05, 0.1) is 11.3 Å².